The molecule has 3 heteroatoms. The van der Waals surface area contributed by atoms with E-state index in [1.54, 1.807) is 6.08 Å². The molecule has 0 heterocycles. The van der Waals surface area contributed by atoms with Crippen molar-refractivity contribution in [1.82, 2.24) is 0 Å². The van der Waals surface area contributed by atoms with Crippen molar-refractivity contribution in [2.75, 3.05) is 7.11 Å². The van der Waals surface area contributed by atoms with Gasteiger partial charge in [0, 0.05) is 0 Å². The van der Waals surface area contributed by atoms with Crippen LogP contribution in [0.4, 0.5) is 0 Å². The Morgan fingerprint density at radius 1 is 1.90 bits per heavy atom. The van der Waals surface area contributed by atoms with Crippen LogP contribution in [0.3, 0.4) is 0 Å². The highest BCUT2D eigenvalue weighted by atomic mass is 16.5. The molecule has 0 amide bonds. The lowest BCUT2D eigenvalue weighted by molar-refractivity contribution is -0.142. The highest BCUT2D eigenvalue weighted by Crippen LogP contribution is 1.95. The van der Waals surface area contributed by atoms with E-state index in [1.807, 2.05) is 0 Å². The Balaban J connectivity index is 3.50. The molecule has 0 aromatic rings. The van der Waals surface area contributed by atoms with Crippen molar-refractivity contribution >= 4 is 5.97 Å². The van der Waals surface area contributed by atoms with Gasteiger partial charge in [0.15, 0.2) is 0 Å². The van der Waals surface area contributed by atoms with Crippen LogP contribution in [-0.2, 0) is 9.53 Å². The molecule has 0 bridgehead atoms. The average Bonchev–Trinajstić information content (AvgIpc) is 1.98. The molecule has 0 radical (unpaired) electrons. The van der Waals surface area contributed by atoms with Crippen LogP contribution in [0.2, 0.25) is 0 Å². The first-order valence-electron chi connectivity index (χ1n) is 3.16. The maximum Gasteiger partial charge on any atom is 0.322 e. The molecule has 0 aliphatic heterocycles. The van der Waals surface area contributed by atoms with Crippen molar-refractivity contribution in [3.8, 4) is 0 Å². The lowest BCUT2D eigenvalue weighted by Gasteiger charge is -2.05. The molecule has 0 saturated carbocycles. The lowest BCUT2D eigenvalue weighted by atomic mass is 10.2. The molecule has 1 atom stereocenters. The minimum atomic E-state index is -0.497. The molecule has 10 heavy (non-hydrogen) atoms. The second kappa shape index (κ2) is 4.99. The first-order chi connectivity index (χ1) is 4.72. The van der Waals surface area contributed by atoms with Crippen LogP contribution in [-0.4, -0.2) is 19.1 Å². The number of esters is 1. The number of hydrogen-bond acceptors (Lipinski definition) is 3. The summed E-state index contributed by atoms with van der Waals surface area (Å²) in [6.07, 6.45) is 3.08. The van der Waals surface area contributed by atoms with Crippen LogP contribution in [0, 0.1) is 0 Å². The van der Waals surface area contributed by atoms with Crippen LogP contribution in [0.5, 0.6) is 0 Å². The number of allylic oxidation sites excluding steroid dienone is 1. The monoisotopic (exact) mass is 143 g/mol. The molecule has 2 N–H and O–H groups in total. The molecule has 0 aliphatic rings. The van der Waals surface area contributed by atoms with E-state index in [0.717, 1.165) is 6.42 Å². The number of hydrogen-bond donors (Lipinski definition) is 1. The highest BCUT2D eigenvalue weighted by molar-refractivity contribution is 5.75. The molecule has 0 aliphatic carbocycles. The van der Waals surface area contributed by atoms with Gasteiger partial charge in [-0.1, -0.05) is 6.08 Å². The van der Waals surface area contributed by atoms with Gasteiger partial charge in [-0.2, -0.15) is 0 Å². The predicted molar refractivity (Wildman–Crippen MR) is 39.4 cm³/mol. The van der Waals surface area contributed by atoms with Gasteiger partial charge in [-0.15, -0.1) is 6.58 Å². The summed E-state index contributed by atoms with van der Waals surface area (Å²) in [5.74, 6) is -0.359. The van der Waals surface area contributed by atoms with E-state index >= 15 is 0 Å². The van der Waals surface area contributed by atoms with E-state index in [4.69, 9.17) is 5.73 Å². The molecule has 58 valence electrons. The van der Waals surface area contributed by atoms with E-state index in [2.05, 4.69) is 11.3 Å². The summed E-state index contributed by atoms with van der Waals surface area (Å²) in [6.45, 7) is 3.51. The molecular formula is C7H13NO2. The Morgan fingerprint density at radius 2 is 2.50 bits per heavy atom. The normalized spacial score (nSPS) is 12.2. The first kappa shape index (κ1) is 9.17. The fourth-order valence-corrected chi connectivity index (χ4v) is 0.567. The van der Waals surface area contributed by atoms with Crippen molar-refractivity contribution < 1.29 is 9.53 Å². The van der Waals surface area contributed by atoms with Gasteiger partial charge < -0.3 is 10.5 Å². The van der Waals surface area contributed by atoms with Crippen molar-refractivity contribution in [1.29, 1.82) is 0 Å². The number of rotatable bonds is 4. The van der Waals surface area contributed by atoms with Gasteiger partial charge in [-0.25, -0.2) is 0 Å². The summed E-state index contributed by atoms with van der Waals surface area (Å²) < 4.78 is 4.41. The van der Waals surface area contributed by atoms with Gasteiger partial charge >= 0.3 is 5.97 Å². The average molecular weight is 143 g/mol. The van der Waals surface area contributed by atoms with Gasteiger partial charge in [0.1, 0.15) is 6.04 Å². The molecule has 0 unspecified atom stereocenters. The van der Waals surface area contributed by atoms with Crippen molar-refractivity contribution in [3.05, 3.63) is 12.7 Å². The number of ether oxygens (including phenoxy) is 1. The quantitative estimate of drug-likeness (QED) is 0.459. The van der Waals surface area contributed by atoms with Gasteiger partial charge in [0.25, 0.3) is 0 Å². The topological polar surface area (TPSA) is 52.3 Å². The number of carbonyl (C=O) groups is 1. The predicted octanol–water partition coefficient (Wildman–Crippen LogP) is 0.453. The fraction of sp³-hybridized carbons (Fsp3) is 0.571. The largest absolute Gasteiger partial charge is 0.468 e. The zero-order valence-electron chi connectivity index (χ0n) is 6.17. The maximum atomic E-state index is 10.6. The van der Waals surface area contributed by atoms with Gasteiger partial charge in [0.2, 0.25) is 0 Å². The van der Waals surface area contributed by atoms with E-state index in [0.29, 0.717) is 6.42 Å². The summed E-state index contributed by atoms with van der Waals surface area (Å²) >= 11 is 0. The van der Waals surface area contributed by atoms with Gasteiger partial charge in [-0.3, -0.25) is 4.79 Å². The van der Waals surface area contributed by atoms with Gasteiger partial charge in [-0.05, 0) is 12.8 Å². The number of carbonyl (C=O) groups excluding carboxylic acids is 1. The fourth-order valence-electron chi connectivity index (χ4n) is 0.567. The van der Waals surface area contributed by atoms with Crippen LogP contribution in [0.15, 0.2) is 12.7 Å². The van der Waals surface area contributed by atoms with Crippen LogP contribution >= 0.6 is 0 Å². The van der Waals surface area contributed by atoms with Crippen molar-refractivity contribution in [3.63, 3.8) is 0 Å². The Labute approximate surface area is 60.9 Å². The third kappa shape index (κ3) is 3.25. The van der Waals surface area contributed by atoms with Crippen LogP contribution < -0.4 is 5.73 Å². The number of methoxy groups -OCH3 is 1. The van der Waals surface area contributed by atoms with Crippen LogP contribution in [0.25, 0.3) is 0 Å². The number of nitrogens with two attached hydrogens (primary N) is 1. The zero-order chi connectivity index (χ0) is 7.98. The summed E-state index contributed by atoms with van der Waals surface area (Å²) in [5, 5.41) is 0. The zero-order valence-corrected chi connectivity index (χ0v) is 6.17. The molecular weight excluding hydrogens is 130 g/mol. The Morgan fingerprint density at radius 3 is 2.90 bits per heavy atom. The lowest BCUT2D eigenvalue weighted by Crippen LogP contribution is -2.31. The molecule has 0 aromatic heterocycles. The molecule has 3 nitrogen and oxygen atoms in total. The summed E-state index contributed by atoms with van der Waals surface area (Å²) in [5.41, 5.74) is 5.39. The van der Waals surface area contributed by atoms with Crippen molar-refractivity contribution in [2.45, 2.75) is 18.9 Å². The minimum Gasteiger partial charge on any atom is -0.468 e. The molecule has 0 aromatic carbocycles. The Kier molecular flexibility index (Phi) is 4.58. The first-order valence-corrected chi connectivity index (χ1v) is 3.16. The third-order valence-corrected chi connectivity index (χ3v) is 1.19. The van der Waals surface area contributed by atoms with Crippen LogP contribution in [0.1, 0.15) is 12.8 Å². The smallest absolute Gasteiger partial charge is 0.322 e. The van der Waals surface area contributed by atoms with E-state index in [9.17, 15) is 4.79 Å². The Bertz CT molecular complexity index is 123. The SMILES string of the molecule is C=CCC[C@@H](N)C(=O)OC. The minimum absolute atomic E-state index is 0.359. The maximum absolute atomic E-state index is 10.6. The Hall–Kier alpha value is -0.830. The highest BCUT2D eigenvalue weighted by Gasteiger charge is 2.11. The summed E-state index contributed by atoms with van der Waals surface area (Å²) in [6, 6.07) is -0.497. The molecule has 0 saturated heterocycles. The molecule has 0 fully saturated rings. The third-order valence-electron chi connectivity index (χ3n) is 1.19. The second-order valence-electron chi connectivity index (χ2n) is 2.00. The summed E-state index contributed by atoms with van der Waals surface area (Å²) in [4.78, 5) is 10.6. The van der Waals surface area contributed by atoms with E-state index in [1.165, 1.54) is 7.11 Å². The van der Waals surface area contributed by atoms with E-state index in [-0.39, 0.29) is 5.97 Å². The molecule has 0 rings (SSSR count). The standard InChI is InChI=1S/C7H13NO2/c1-3-4-5-6(8)7(9)10-2/h3,6H,1,4-5,8H2,2H3/t6-/m1/s1. The van der Waals surface area contributed by atoms with Gasteiger partial charge in [0.05, 0.1) is 7.11 Å². The van der Waals surface area contributed by atoms with Crippen molar-refractivity contribution in [2.24, 2.45) is 5.73 Å². The second-order valence-corrected chi connectivity index (χ2v) is 2.00. The molecule has 0 spiro atoms. The van der Waals surface area contributed by atoms with E-state index < -0.39 is 6.04 Å². The summed E-state index contributed by atoms with van der Waals surface area (Å²) in [7, 11) is 1.33.